The van der Waals surface area contributed by atoms with Crippen molar-refractivity contribution >= 4 is 11.3 Å². The normalized spacial score (nSPS) is 9.64. The van der Waals surface area contributed by atoms with Gasteiger partial charge in [0.15, 0.2) is 0 Å². The van der Waals surface area contributed by atoms with Crippen molar-refractivity contribution in [1.82, 2.24) is 10.2 Å². The second-order valence-corrected chi connectivity index (χ2v) is 2.57. The van der Waals surface area contributed by atoms with Gasteiger partial charge in [0.25, 0.3) is 0 Å². The number of anilines is 1. The lowest BCUT2D eigenvalue weighted by molar-refractivity contribution is 0.999. The predicted octanol–water partition coefficient (Wildman–Crippen LogP) is 1.40. The molecule has 3 heteroatoms. The van der Waals surface area contributed by atoms with Gasteiger partial charge in [-0.25, -0.2) is 0 Å². The lowest BCUT2D eigenvalue weighted by Crippen LogP contribution is -1.99. The number of nitrogen functional groups attached to an aromatic ring is 1. The monoisotopic (exact) mass is 149 g/mol. The van der Waals surface area contributed by atoms with E-state index >= 15 is 0 Å². The van der Waals surface area contributed by atoms with Crippen LogP contribution in [0.2, 0.25) is 0 Å². The topological polar surface area (TPSA) is 51.8 Å². The molecule has 0 amide bonds. The highest BCUT2D eigenvalue weighted by Crippen LogP contribution is 2.18. The fourth-order valence-corrected chi connectivity index (χ4v) is 0.799. The molecule has 1 rings (SSSR count). The van der Waals surface area contributed by atoms with Crippen LogP contribution in [0.3, 0.4) is 0 Å². The molecule has 0 atom stereocenters. The number of hydrogen-bond acceptors (Lipinski definition) is 3. The van der Waals surface area contributed by atoms with E-state index in [0.29, 0.717) is 11.4 Å². The summed E-state index contributed by atoms with van der Waals surface area (Å²) in [6.07, 6.45) is 1.64. The van der Waals surface area contributed by atoms with Gasteiger partial charge < -0.3 is 5.73 Å². The van der Waals surface area contributed by atoms with Crippen molar-refractivity contribution in [2.45, 2.75) is 13.8 Å². The number of aromatic nitrogens is 2. The van der Waals surface area contributed by atoms with Crippen molar-refractivity contribution in [2.75, 3.05) is 5.73 Å². The van der Waals surface area contributed by atoms with Gasteiger partial charge >= 0.3 is 0 Å². The molecule has 58 valence electrons. The van der Waals surface area contributed by atoms with Crippen LogP contribution in [0.5, 0.6) is 0 Å². The van der Waals surface area contributed by atoms with Gasteiger partial charge in [-0.05, 0) is 25.0 Å². The largest absolute Gasteiger partial charge is 0.397 e. The summed E-state index contributed by atoms with van der Waals surface area (Å²) in [6.45, 7) is 7.50. The highest BCUT2D eigenvalue weighted by Gasteiger charge is 2.03. The van der Waals surface area contributed by atoms with Crippen molar-refractivity contribution in [3.05, 3.63) is 24.0 Å². The zero-order chi connectivity index (χ0) is 8.43. The summed E-state index contributed by atoms with van der Waals surface area (Å²) in [6, 6.07) is 0. The van der Waals surface area contributed by atoms with Crippen molar-refractivity contribution in [2.24, 2.45) is 0 Å². The number of allylic oxidation sites excluding steroid dienone is 1. The van der Waals surface area contributed by atoms with E-state index in [0.717, 1.165) is 11.1 Å². The second-order valence-electron chi connectivity index (χ2n) is 2.57. The first-order valence-electron chi connectivity index (χ1n) is 3.36. The number of rotatable bonds is 1. The molecule has 0 fully saturated rings. The number of aryl methyl sites for hydroxylation is 1. The van der Waals surface area contributed by atoms with Gasteiger partial charge in [0.05, 0.1) is 11.9 Å². The molecule has 0 aliphatic carbocycles. The predicted molar refractivity (Wildman–Crippen MR) is 45.9 cm³/mol. The summed E-state index contributed by atoms with van der Waals surface area (Å²) in [4.78, 5) is 0. The average Bonchev–Trinajstić information content (AvgIpc) is 1.94. The summed E-state index contributed by atoms with van der Waals surface area (Å²) < 4.78 is 0. The third-order valence-corrected chi connectivity index (χ3v) is 1.49. The van der Waals surface area contributed by atoms with Gasteiger partial charge in [0.2, 0.25) is 0 Å². The fraction of sp³-hybridized carbons (Fsp3) is 0.250. The van der Waals surface area contributed by atoms with Gasteiger partial charge in [-0.3, -0.25) is 0 Å². The van der Waals surface area contributed by atoms with E-state index in [9.17, 15) is 0 Å². The van der Waals surface area contributed by atoms with Gasteiger partial charge in [-0.1, -0.05) is 6.58 Å². The minimum Gasteiger partial charge on any atom is -0.397 e. The molecule has 11 heavy (non-hydrogen) atoms. The van der Waals surface area contributed by atoms with Crippen LogP contribution in [0.15, 0.2) is 12.8 Å². The molecule has 0 aliphatic heterocycles. The Morgan fingerprint density at radius 1 is 1.64 bits per heavy atom. The van der Waals surface area contributed by atoms with Crippen LogP contribution in [0.25, 0.3) is 5.57 Å². The zero-order valence-corrected chi connectivity index (χ0v) is 6.76. The molecular weight excluding hydrogens is 138 g/mol. The van der Waals surface area contributed by atoms with E-state index in [1.54, 1.807) is 6.20 Å². The van der Waals surface area contributed by atoms with E-state index in [-0.39, 0.29) is 0 Å². The van der Waals surface area contributed by atoms with E-state index < -0.39 is 0 Å². The SMILES string of the molecule is C=C(C)c1nncc(C)c1N. The van der Waals surface area contributed by atoms with Crippen molar-refractivity contribution in [1.29, 1.82) is 0 Å². The van der Waals surface area contributed by atoms with Crippen LogP contribution in [0.1, 0.15) is 18.2 Å². The first kappa shape index (κ1) is 7.72. The Morgan fingerprint density at radius 2 is 2.27 bits per heavy atom. The molecule has 0 saturated carbocycles. The smallest absolute Gasteiger partial charge is 0.111 e. The molecule has 3 nitrogen and oxygen atoms in total. The Bertz CT molecular complexity index is 291. The Balaban J connectivity index is 3.27. The third-order valence-electron chi connectivity index (χ3n) is 1.49. The fourth-order valence-electron chi connectivity index (χ4n) is 0.799. The van der Waals surface area contributed by atoms with Crippen LogP contribution in [0.4, 0.5) is 5.69 Å². The Morgan fingerprint density at radius 3 is 2.73 bits per heavy atom. The van der Waals surface area contributed by atoms with Crippen molar-refractivity contribution < 1.29 is 0 Å². The lowest BCUT2D eigenvalue weighted by atomic mass is 10.1. The maximum absolute atomic E-state index is 5.72. The molecule has 0 bridgehead atoms. The Hall–Kier alpha value is -1.38. The minimum absolute atomic E-state index is 0.674. The standard InChI is InChI=1S/C8H11N3/c1-5(2)8-7(9)6(3)4-10-11-8/h4H,1H2,2-3H3,(H2,9,10). The molecule has 1 heterocycles. The zero-order valence-electron chi connectivity index (χ0n) is 6.76. The van der Waals surface area contributed by atoms with Crippen LogP contribution < -0.4 is 5.73 Å². The highest BCUT2D eigenvalue weighted by atomic mass is 15.1. The molecule has 0 spiro atoms. The number of hydrogen-bond donors (Lipinski definition) is 1. The molecule has 0 radical (unpaired) electrons. The molecular formula is C8H11N3. The third kappa shape index (κ3) is 1.37. The minimum atomic E-state index is 0.674. The molecule has 2 N–H and O–H groups in total. The quantitative estimate of drug-likeness (QED) is 0.656. The Labute approximate surface area is 65.9 Å². The molecule has 0 saturated heterocycles. The van der Waals surface area contributed by atoms with Gasteiger partial charge in [-0.15, -0.1) is 5.10 Å². The highest BCUT2D eigenvalue weighted by molar-refractivity contribution is 5.70. The maximum atomic E-state index is 5.72. The van der Waals surface area contributed by atoms with Crippen LogP contribution >= 0.6 is 0 Å². The van der Waals surface area contributed by atoms with Gasteiger partial charge in [0, 0.05) is 0 Å². The molecule has 1 aromatic heterocycles. The Kier molecular flexibility index (Phi) is 1.89. The second kappa shape index (κ2) is 2.70. The van der Waals surface area contributed by atoms with Gasteiger partial charge in [0.1, 0.15) is 5.69 Å². The first-order chi connectivity index (χ1) is 5.13. The molecule has 0 aromatic carbocycles. The summed E-state index contributed by atoms with van der Waals surface area (Å²) in [5.74, 6) is 0. The van der Waals surface area contributed by atoms with Crippen molar-refractivity contribution in [3.63, 3.8) is 0 Å². The lowest BCUT2D eigenvalue weighted by Gasteiger charge is -2.03. The van der Waals surface area contributed by atoms with Gasteiger partial charge in [-0.2, -0.15) is 5.10 Å². The summed E-state index contributed by atoms with van der Waals surface area (Å²) in [5.41, 5.74) is 8.88. The summed E-state index contributed by atoms with van der Waals surface area (Å²) in [5, 5.41) is 7.64. The maximum Gasteiger partial charge on any atom is 0.111 e. The summed E-state index contributed by atoms with van der Waals surface area (Å²) >= 11 is 0. The van der Waals surface area contributed by atoms with E-state index in [4.69, 9.17) is 5.73 Å². The van der Waals surface area contributed by atoms with E-state index in [2.05, 4.69) is 16.8 Å². The van der Waals surface area contributed by atoms with Crippen LogP contribution in [-0.2, 0) is 0 Å². The number of nitrogens with zero attached hydrogens (tertiary/aromatic N) is 2. The van der Waals surface area contributed by atoms with Crippen LogP contribution in [-0.4, -0.2) is 10.2 Å². The first-order valence-corrected chi connectivity index (χ1v) is 3.36. The molecule has 0 unspecified atom stereocenters. The number of nitrogens with two attached hydrogens (primary N) is 1. The van der Waals surface area contributed by atoms with E-state index in [1.165, 1.54) is 0 Å². The molecule has 1 aromatic rings. The van der Waals surface area contributed by atoms with Crippen LogP contribution in [0, 0.1) is 6.92 Å². The summed E-state index contributed by atoms with van der Waals surface area (Å²) in [7, 11) is 0. The van der Waals surface area contributed by atoms with Crippen molar-refractivity contribution in [3.8, 4) is 0 Å². The molecule has 0 aliphatic rings. The average molecular weight is 149 g/mol. The van der Waals surface area contributed by atoms with E-state index in [1.807, 2.05) is 13.8 Å².